The molecule has 0 heterocycles. The zero-order valence-corrected chi connectivity index (χ0v) is 22.2. The third kappa shape index (κ3) is 8.42. The summed E-state index contributed by atoms with van der Waals surface area (Å²) >= 11 is 0. The van der Waals surface area contributed by atoms with Crippen molar-refractivity contribution in [2.45, 2.75) is 33.2 Å². The molecule has 0 saturated carbocycles. The van der Waals surface area contributed by atoms with Crippen molar-refractivity contribution in [2.24, 2.45) is 5.92 Å². The lowest BCUT2D eigenvalue weighted by Crippen LogP contribution is -2.06. The lowest BCUT2D eigenvalue weighted by atomic mass is 10.0. The number of carbonyl (C=O) groups excluding carboxylic acids is 1. The number of ether oxygens (including phenoxy) is 1. The summed E-state index contributed by atoms with van der Waals surface area (Å²) in [5.41, 5.74) is 3.52. The molecule has 0 bridgehead atoms. The van der Waals surface area contributed by atoms with Crippen LogP contribution in [0.3, 0.4) is 0 Å². The van der Waals surface area contributed by atoms with Gasteiger partial charge in [-0.2, -0.15) is 0 Å². The summed E-state index contributed by atoms with van der Waals surface area (Å²) in [5.74, 6) is 0.461. The van der Waals surface area contributed by atoms with Crippen LogP contribution in [0.4, 0.5) is 0 Å². The molecule has 6 nitrogen and oxygen atoms in total. The number of carbonyl (C=O) groups is 1. The minimum absolute atomic E-state index is 0.0437. The van der Waals surface area contributed by atoms with E-state index in [-0.39, 0.29) is 31.5 Å². The largest absolute Gasteiger partial charge is 0.530 e. The Morgan fingerprint density at radius 2 is 1.16 bits per heavy atom. The van der Waals surface area contributed by atoms with Gasteiger partial charge in [0, 0.05) is 5.92 Å². The summed E-state index contributed by atoms with van der Waals surface area (Å²) in [7, 11) is -4.08. The highest BCUT2D eigenvalue weighted by molar-refractivity contribution is 7.48. The van der Waals surface area contributed by atoms with Crippen LogP contribution in [0.1, 0.15) is 29.2 Å². The smallest absolute Gasteiger partial charge is 0.485 e. The van der Waals surface area contributed by atoms with E-state index in [0.29, 0.717) is 12.2 Å². The van der Waals surface area contributed by atoms with E-state index in [4.69, 9.17) is 18.3 Å². The van der Waals surface area contributed by atoms with Gasteiger partial charge in [-0.15, -0.1) is 0 Å². The van der Waals surface area contributed by atoms with E-state index in [0.717, 1.165) is 28.5 Å². The maximum atomic E-state index is 13.9. The van der Waals surface area contributed by atoms with Crippen LogP contribution >= 0.6 is 7.82 Å². The molecule has 0 fully saturated rings. The first kappa shape index (κ1) is 27.3. The summed E-state index contributed by atoms with van der Waals surface area (Å²) in [6.45, 7) is 2.22. The highest BCUT2D eigenvalue weighted by Gasteiger charge is 2.31. The van der Waals surface area contributed by atoms with Gasteiger partial charge in [0.2, 0.25) is 0 Å². The molecule has 0 aliphatic heterocycles. The van der Waals surface area contributed by atoms with Crippen LogP contribution in [0.5, 0.6) is 11.5 Å². The van der Waals surface area contributed by atoms with Gasteiger partial charge in [0.1, 0.15) is 12.9 Å². The van der Waals surface area contributed by atoms with E-state index in [1.807, 2.05) is 104 Å². The Balaban J connectivity index is 1.59. The molecule has 0 radical (unpaired) electrons. The first-order valence-corrected chi connectivity index (χ1v) is 13.9. The van der Waals surface area contributed by atoms with Gasteiger partial charge in [0.25, 0.3) is 0 Å². The molecule has 4 rings (SSSR count). The summed E-state index contributed by atoms with van der Waals surface area (Å²) < 4.78 is 37.5. The predicted molar refractivity (Wildman–Crippen MR) is 147 cm³/mol. The standard InChI is InChI=1S/C31H31O6P/c1-25(21-32)19-29-17-18-30(31(20-29)34-22-26-11-5-2-6-12-26)37-38(33,35-23-27-13-7-3-8-14-27)36-24-28-15-9-4-10-16-28/h2-18,20-21,25H,19,22-24H2,1H3. The van der Waals surface area contributed by atoms with Gasteiger partial charge in [0.05, 0.1) is 13.2 Å². The number of hydrogen-bond donors (Lipinski definition) is 0. The van der Waals surface area contributed by atoms with E-state index >= 15 is 0 Å². The first-order chi connectivity index (χ1) is 18.5. The molecular weight excluding hydrogens is 499 g/mol. The molecule has 0 aliphatic carbocycles. The summed E-state index contributed by atoms with van der Waals surface area (Å²) in [4.78, 5) is 11.2. The average molecular weight is 531 g/mol. The Labute approximate surface area is 223 Å². The van der Waals surface area contributed by atoms with E-state index in [1.165, 1.54) is 0 Å². The second-order valence-electron chi connectivity index (χ2n) is 8.93. The molecule has 4 aromatic carbocycles. The van der Waals surface area contributed by atoms with Gasteiger partial charge in [0.15, 0.2) is 11.5 Å². The third-order valence-electron chi connectivity index (χ3n) is 5.71. The molecule has 38 heavy (non-hydrogen) atoms. The number of rotatable bonds is 14. The minimum atomic E-state index is -4.08. The molecule has 1 unspecified atom stereocenters. The molecule has 7 heteroatoms. The molecule has 196 valence electrons. The third-order valence-corrected chi connectivity index (χ3v) is 7.02. The quantitative estimate of drug-likeness (QED) is 0.124. The molecule has 4 aromatic rings. The van der Waals surface area contributed by atoms with Gasteiger partial charge < -0.3 is 14.1 Å². The predicted octanol–water partition coefficient (Wildman–Crippen LogP) is 7.56. The maximum absolute atomic E-state index is 13.9. The van der Waals surface area contributed by atoms with Gasteiger partial charge >= 0.3 is 7.82 Å². The highest BCUT2D eigenvalue weighted by Crippen LogP contribution is 2.53. The Bertz CT molecular complexity index is 1280. The topological polar surface area (TPSA) is 71.1 Å². The Kier molecular flexibility index (Phi) is 9.88. The van der Waals surface area contributed by atoms with E-state index in [2.05, 4.69) is 0 Å². The molecule has 0 aliphatic rings. The van der Waals surface area contributed by atoms with Crippen molar-refractivity contribution in [3.63, 3.8) is 0 Å². The van der Waals surface area contributed by atoms with Crippen LogP contribution in [0.15, 0.2) is 109 Å². The summed E-state index contributed by atoms with van der Waals surface area (Å²) in [6.07, 6.45) is 1.45. The molecule has 0 amide bonds. The van der Waals surface area contributed by atoms with Gasteiger partial charge in [-0.25, -0.2) is 4.57 Å². The molecule has 0 aromatic heterocycles. The fourth-order valence-corrected chi connectivity index (χ4v) is 4.88. The maximum Gasteiger partial charge on any atom is 0.530 e. The first-order valence-electron chi connectivity index (χ1n) is 12.4. The van der Waals surface area contributed by atoms with Crippen LogP contribution in [0, 0.1) is 5.92 Å². The van der Waals surface area contributed by atoms with Crippen molar-refractivity contribution in [1.82, 2.24) is 0 Å². The Morgan fingerprint density at radius 1 is 0.658 bits per heavy atom. The normalized spacial score (nSPS) is 12.0. The van der Waals surface area contributed by atoms with E-state index in [1.54, 1.807) is 12.1 Å². The van der Waals surface area contributed by atoms with Crippen molar-refractivity contribution in [2.75, 3.05) is 0 Å². The van der Waals surface area contributed by atoms with E-state index < -0.39 is 7.82 Å². The molecule has 0 saturated heterocycles. The summed E-state index contributed by atoms with van der Waals surface area (Å²) in [5, 5.41) is 0. The van der Waals surface area contributed by atoms with E-state index in [9.17, 15) is 9.36 Å². The molecule has 0 N–H and O–H groups in total. The van der Waals surface area contributed by atoms with Crippen LogP contribution < -0.4 is 9.26 Å². The Hall–Kier alpha value is -3.70. The number of phosphoric ester groups is 1. The lowest BCUT2D eigenvalue weighted by Gasteiger charge is -2.21. The van der Waals surface area contributed by atoms with Gasteiger partial charge in [-0.3, -0.25) is 9.05 Å². The summed E-state index contributed by atoms with van der Waals surface area (Å²) in [6, 6.07) is 33.8. The van der Waals surface area contributed by atoms with Crippen LogP contribution in [0.25, 0.3) is 0 Å². The average Bonchev–Trinajstić information content (AvgIpc) is 2.97. The monoisotopic (exact) mass is 530 g/mol. The van der Waals surface area contributed by atoms with Crippen molar-refractivity contribution in [3.05, 3.63) is 131 Å². The van der Waals surface area contributed by atoms with Crippen LogP contribution in [0.2, 0.25) is 0 Å². The second kappa shape index (κ2) is 13.7. The second-order valence-corrected chi connectivity index (χ2v) is 10.5. The SMILES string of the molecule is CC(C=O)Cc1ccc(OP(=O)(OCc2ccccc2)OCc2ccccc2)c(OCc2ccccc2)c1. The Morgan fingerprint density at radius 3 is 1.66 bits per heavy atom. The highest BCUT2D eigenvalue weighted by atomic mass is 31.2. The number of aldehydes is 1. The zero-order chi connectivity index (χ0) is 26.6. The molecular formula is C31H31O6P. The molecule has 1 atom stereocenters. The van der Waals surface area contributed by atoms with Crippen molar-refractivity contribution in [3.8, 4) is 11.5 Å². The minimum Gasteiger partial charge on any atom is -0.485 e. The molecule has 0 spiro atoms. The van der Waals surface area contributed by atoms with Gasteiger partial charge in [-0.05, 0) is 40.8 Å². The van der Waals surface area contributed by atoms with Crippen LogP contribution in [-0.4, -0.2) is 6.29 Å². The van der Waals surface area contributed by atoms with Crippen molar-refractivity contribution in [1.29, 1.82) is 0 Å². The van der Waals surface area contributed by atoms with Crippen molar-refractivity contribution >= 4 is 14.1 Å². The number of phosphoric acid groups is 1. The fraction of sp³-hybridized carbons (Fsp3) is 0.194. The van der Waals surface area contributed by atoms with Crippen molar-refractivity contribution < 1.29 is 27.7 Å². The number of benzene rings is 4. The zero-order valence-electron chi connectivity index (χ0n) is 21.3. The van der Waals surface area contributed by atoms with Gasteiger partial charge in [-0.1, -0.05) is 104 Å². The fourth-order valence-electron chi connectivity index (χ4n) is 3.69. The van der Waals surface area contributed by atoms with Crippen LogP contribution in [-0.2, 0) is 44.6 Å². The lowest BCUT2D eigenvalue weighted by molar-refractivity contribution is -0.110. The number of hydrogen-bond acceptors (Lipinski definition) is 6.